The Kier molecular flexibility index (Phi) is 5.44. The molecule has 0 unspecified atom stereocenters. The largest absolute Gasteiger partial charge is 0.486 e. The third kappa shape index (κ3) is 4.38. The van der Waals surface area contributed by atoms with Crippen molar-refractivity contribution in [1.29, 1.82) is 0 Å². The molecule has 1 aromatic heterocycles. The maximum Gasteiger partial charge on any atom is 0.281 e. The number of fused-ring (bicyclic) bond motifs is 1. The van der Waals surface area contributed by atoms with E-state index in [-0.39, 0.29) is 12.3 Å². The van der Waals surface area contributed by atoms with Gasteiger partial charge < -0.3 is 9.47 Å². The summed E-state index contributed by atoms with van der Waals surface area (Å²) >= 11 is 1.29. The number of nitrogens with zero attached hydrogens (tertiary/aromatic N) is 1. The topological polar surface area (TPSA) is 89.6 Å². The maximum absolute atomic E-state index is 12.5. The van der Waals surface area contributed by atoms with Gasteiger partial charge in [0, 0.05) is 5.56 Å². The van der Waals surface area contributed by atoms with Crippen molar-refractivity contribution >= 4 is 23.2 Å². The Bertz CT molecular complexity index is 1050. The summed E-state index contributed by atoms with van der Waals surface area (Å²) in [5, 5.41) is 0.760. The van der Waals surface area contributed by atoms with Crippen LogP contribution in [-0.4, -0.2) is 30.0 Å². The molecule has 0 bridgehead atoms. The summed E-state index contributed by atoms with van der Waals surface area (Å²) in [5.41, 5.74) is 7.25. The zero-order valence-electron chi connectivity index (χ0n) is 15.7. The number of ether oxygens (including phenoxy) is 2. The molecule has 0 fully saturated rings. The Morgan fingerprint density at radius 3 is 2.59 bits per heavy atom. The lowest BCUT2D eigenvalue weighted by Gasteiger charge is -2.18. The molecule has 4 rings (SSSR count). The highest BCUT2D eigenvalue weighted by Gasteiger charge is 2.17. The Hall–Kier alpha value is -3.39. The van der Waals surface area contributed by atoms with Crippen molar-refractivity contribution in [3.8, 4) is 22.1 Å². The van der Waals surface area contributed by atoms with E-state index in [1.807, 2.05) is 30.3 Å². The molecule has 0 spiro atoms. The van der Waals surface area contributed by atoms with Crippen LogP contribution in [0.5, 0.6) is 11.5 Å². The Labute approximate surface area is 171 Å². The zero-order valence-corrected chi connectivity index (χ0v) is 16.5. The number of aromatic nitrogens is 1. The lowest BCUT2D eigenvalue weighted by atomic mass is 10.1. The molecule has 0 aliphatic carbocycles. The number of aryl methyl sites for hydroxylation is 1. The van der Waals surface area contributed by atoms with Gasteiger partial charge in [0.15, 0.2) is 11.5 Å². The van der Waals surface area contributed by atoms with Crippen molar-refractivity contribution < 1.29 is 19.1 Å². The summed E-state index contributed by atoms with van der Waals surface area (Å²) in [6, 6.07) is 15.0. The van der Waals surface area contributed by atoms with Gasteiger partial charge in [-0.1, -0.05) is 36.4 Å². The molecule has 3 aromatic rings. The number of nitrogens with one attached hydrogen (secondary N) is 2. The molecule has 0 saturated heterocycles. The van der Waals surface area contributed by atoms with Gasteiger partial charge in [0.1, 0.15) is 23.1 Å². The molecule has 0 radical (unpaired) electrons. The van der Waals surface area contributed by atoms with E-state index >= 15 is 0 Å². The Morgan fingerprint density at radius 1 is 1.03 bits per heavy atom. The summed E-state index contributed by atoms with van der Waals surface area (Å²) < 4.78 is 11.0. The summed E-state index contributed by atoms with van der Waals surface area (Å²) in [6.07, 6.45) is 0.105. The Balaban J connectivity index is 1.36. The van der Waals surface area contributed by atoms with Crippen LogP contribution in [0.3, 0.4) is 0 Å². The number of thiazole rings is 1. The number of hydrogen-bond donors (Lipinski definition) is 2. The summed E-state index contributed by atoms with van der Waals surface area (Å²) in [4.78, 5) is 29.6. The Morgan fingerprint density at radius 2 is 1.79 bits per heavy atom. The molecule has 2 N–H and O–H groups in total. The number of benzene rings is 2. The van der Waals surface area contributed by atoms with Crippen molar-refractivity contribution in [3.05, 3.63) is 64.7 Å². The fraction of sp³-hybridized carbons (Fsp3) is 0.190. The van der Waals surface area contributed by atoms with E-state index in [9.17, 15) is 9.59 Å². The first-order valence-corrected chi connectivity index (χ1v) is 9.92. The van der Waals surface area contributed by atoms with Crippen LogP contribution in [-0.2, 0) is 11.2 Å². The molecule has 7 nitrogen and oxygen atoms in total. The zero-order chi connectivity index (χ0) is 20.2. The fourth-order valence-corrected chi connectivity index (χ4v) is 3.89. The monoisotopic (exact) mass is 409 g/mol. The molecule has 1 aliphatic heterocycles. The first-order valence-electron chi connectivity index (χ1n) is 9.11. The molecule has 1 aliphatic rings. The maximum atomic E-state index is 12.5. The molecule has 8 heteroatoms. The van der Waals surface area contributed by atoms with Gasteiger partial charge in [0.2, 0.25) is 5.91 Å². The van der Waals surface area contributed by atoms with E-state index in [4.69, 9.17) is 9.47 Å². The van der Waals surface area contributed by atoms with Gasteiger partial charge in [-0.15, -0.1) is 11.3 Å². The summed E-state index contributed by atoms with van der Waals surface area (Å²) in [7, 11) is 0. The van der Waals surface area contributed by atoms with E-state index in [2.05, 4.69) is 15.8 Å². The molecule has 2 amide bonds. The first-order chi connectivity index (χ1) is 14.1. The SMILES string of the molecule is Cc1nc(-c2ccccc2)sc1C(=O)NNC(=O)Cc1ccc2c(c1)OCCO2. The minimum absolute atomic E-state index is 0.105. The molecule has 2 heterocycles. The molecule has 29 heavy (non-hydrogen) atoms. The number of carbonyl (C=O) groups is 2. The normalized spacial score (nSPS) is 12.3. The van der Waals surface area contributed by atoms with Gasteiger partial charge >= 0.3 is 0 Å². The second kappa shape index (κ2) is 8.32. The van der Waals surface area contributed by atoms with Crippen LogP contribution in [0, 0.1) is 6.92 Å². The number of carbonyl (C=O) groups excluding carboxylic acids is 2. The number of rotatable bonds is 4. The highest BCUT2D eigenvalue weighted by molar-refractivity contribution is 7.17. The van der Waals surface area contributed by atoms with Gasteiger partial charge in [-0.3, -0.25) is 20.4 Å². The van der Waals surface area contributed by atoms with Gasteiger partial charge in [0.25, 0.3) is 5.91 Å². The smallest absolute Gasteiger partial charge is 0.281 e. The lowest BCUT2D eigenvalue weighted by molar-refractivity contribution is -0.121. The predicted octanol–water partition coefficient (Wildman–Crippen LogP) is 2.89. The third-order valence-corrected chi connectivity index (χ3v) is 5.52. The van der Waals surface area contributed by atoms with Crippen LogP contribution in [0.4, 0.5) is 0 Å². The van der Waals surface area contributed by atoms with Crippen LogP contribution in [0.1, 0.15) is 20.9 Å². The predicted molar refractivity (Wildman–Crippen MR) is 109 cm³/mol. The third-order valence-electron chi connectivity index (χ3n) is 4.31. The number of amides is 2. The van der Waals surface area contributed by atoms with Gasteiger partial charge in [-0.05, 0) is 24.6 Å². The van der Waals surface area contributed by atoms with E-state index in [1.165, 1.54) is 11.3 Å². The lowest BCUT2D eigenvalue weighted by Crippen LogP contribution is -2.42. The van der Waals surface area contributed by atoms with Crippen LogP contribution in [0.25, 0.3) is 10.6 Å². The van der Waals surface area contributed by atoms with E-state index in [0.29, 0.717) is 35.3 Å². The van der Waals surface area contributed by atoms with Gasteiger partial charge in [0.05, 0.1) is 12.1 Å². The summed E-state index contributed by atoms with van der Waals surface area (Å²) in [5.74, 6) is 0.570. The molecule has 2 aromatic carbocycles. The van der Waals surface area contributed by atoms with Crippen LogP contribution < -0.4 is 20.3 Å². The van der Waals surface area contributed by atoms with E-state index in [0.717, 1.165) is 16.1 Å². The average molecular weight is 409 g/mol. The van der Waals surface area contributed by atoms with Crippen molar-refractivity contribution in [2.45, 2.75) is 13.3 Å². The van der Waals surface area contributed by atoms with E-state index < -0.39 is 5.91 Å². The first kappa shape index (κ1) is 18.9. The average Bonchev–Trinajstić information content (AvgIpc) is 3.14. The molecule has 148 valence electrons. The van der Waals surface area contributed by atoms with Crippen LogP contribution in [0.15, 0.2) is 48.5 Å². The van der Waals surface area contributed by atoms with Gasteiger partial charge in [-0.2, -0.15) is 0 Å². The number of hydrogen-bond acceptors (Lipinski definition) is 6. The second-order valence-electron chi connectivity index (χ2n) is 6.46. The quantitative estimate of drug-likeness (QED) is 0.647. The molecular formula is C21H19N3O4S. The minimum atomic E-state index is -0.391. The minimum Gasteiger partial charge on any atom is -0.486 e. The molecule has 0 atom stereocenters. The van der Waals surface area contributed by atoms with Crippen molar-refractivity contribution in [2.24, 2.45) is 0 Å². The second-order valence-corrected chi connectivity index (χ2v) is 7.46. The van der Waals surface area contributed by atoms with Crippen molar-refractivity contribution in [1.82, 2.24) is 15.8 Å². The van der Waals surface area contributed by atoms with Crippen molar-refractivity contribution in [3.63, 3.8) is 0 Å². The van der Waals surface area contributed by atoms with Crippen LogP contribution >= 0.6 is 11.3 Å². The standard InChI is InChI=1S/C21H19N3O4S/c1-13-19(29-21(22-13)15-5-3-2-4-6-15)20(26)24-23-18(25)12-14-7-8-16-17(11-14)28-10-9-27-16/h2-8,11H,9-10,12H2,1H3,(H,23,25)(H,24,26). The summed E-state index contributed by atoms with van der Waals surface area (Å²) in [6.45, 7) is 2.77. The fourth-order valence-electron chi connectivity index (χ4n) is 2.92. The number of hydrazine groups is 1. The molecule has 0 saturated carbocycles. The highest BCUT2D eigenvalue weighted by atomic mass is 32.1. The highest BCUT2D eigenvalue weighted by Crippen LogP contribution is 2.31. The van der Waals surface area contributed by atoms with Crippen molar-refractivity contribution in [2.75, 3.05) is 13.2 Å². The van der Waals surface area contributed by atoms with E-state index in [1.54, 1.807) is 25.1 Å². The van der Waals surface area contributed by atoms with Gasteiger partial charge in [-0.25, -0.2) is 4.98 Å². The molecular weight excluding hydrogens is 390 g/mol. The van der Waals surface area contributed by atoms with Crippen LogP contribution in [0.2, 0.25) is 0 Å².